The zero-order chi connectivity index (χ0) is 12.3. The molecule has 0 amide bonds. The fourth-order valence-corrected chi connectivity index (χ4v) is 2.51. The molecule has 1 saturated heterocycles. The van der Waals surface area contributed by atoms with Gasteiger partial charge in [0.1, 0.15) is 0 Å². The molecule has 0 radical (unpaired) electrons. The van der Waals surface area contributed by atoms with Gasteiger partial charge in [-0.3, -0.25) is 4.90 Å². The molecule has 2 heteroatoms. The average molecular weight is 226 g/mol. The maximum Gasteiger partial charge on any atom is 0.0269 e. The van der Waals surface area contributed by atoms with Crippen LogP contribution in [0.4, 0.5) is 0 Å². The van der Waals surface area contributed by atoms with E-state index >= 15 is 0 Å². The Balaban J connectivity index is 2.58. The van der Waals surface area contributed by atoms with Crippen molar-refractivity contribution >= 4 is 0 Å². The quantitative estimate of drug-likeness (QED) is 0.796. The Morgan fingerprint density at radius 2 is 1.94 bits per heavy atom. The molecule has 0 aromatic heterocycles. The van der Waals surface area contributed by atoms with E-state index in [0.29, 0.717) is 17.5 Å². The van der Waals surface area contributed by atoms with Crippen molar-refractivity contribution < 1.29 is 0 Å². The molecule has 0 aromatic rings. The molecule has 0 aliphatic carbocycles. The highest BCUT2D eigenvalue weighted by Crippen LogP contribution is 2.26. The lowest BCUT2D eigenvalue weighted by atomic mass is 9.83. The van der Waals surface area contributed by atoms with E-state index < -0.39 is 0 Å². The molecule has 0 bridgehead atoms. The van der Waals surface area contributed by atoms with Crippen molar-refractivity contribution in [2.75, 3.05) is 19.6 Å². The molecule has 0 saturated carbocycles. The van der Waals surface area contributed by atoms with Gasteiger partial charge >= 0.3 is 0 Å². The third-order valence-corrected chi connectivity index (χ3v) is 3.60. The molecule has 96 valence electrons. The molecule has 16 heavy (non-hydrogen) atoms. The topological polar surface area (TPSA) is 15.3 Å². The number of nitrogens with one attached hydrogen (secondary N) is 1. The largest absolute Gasteiger partial charge is 0.311 e. The van der Waals surface area contributed by atoms with E-state index in [1.54, 1.807) is 0 Å². The normalized spacial score (nSPS) is 28.7. The summed E-state index contributed by atoms with van der Waals surface area (Å²) in [4.78, 5) is 2.70. The lowest BCUT2D eigenvalue weighted by molar-refractivity contribution is 0.0554. The third kappa shape index (κ3) is 4.06. The van der Waals surface area contributed by atoms with E-state index in [1.807, 2.05) is 0 Å². The van der Waals surface area contributed by atoms with Crippen molar-refractivity contribution in [1.29, 1.82) is 0 Å². The smallest absolute Gasteiger partial charge is 0.0269 e. The fourth-order valence-electron chi connectivity index (χ4n) is 2.51. The number of nitrogens with zero attached hydrogens (tertiary/aromatic N) is 1. The van der Waals surface area contributed by atoms with E-state index in [-0.39, 0.29) is 0 Å². The minimum absolute atomic E-state index is 0.379. The SMILES string of the molecule is CC(C)CCN1CC(C)NCC1C(C)(C)C. The molecule has 1 aliphatic heterocycles. The summed E-state index contributed by atoms with van der Waals surface area (Å²) in [5.41, 5.74) is 0.379. The summed E-state index contributed by atoms with van der Waals surface area (Å²) < 4.78 is 0. The lowest BCUT2D eigenvalue weighted by Gasteiger charge is -2.46. The van der Waals surface area contributed by atoms with Crippen LogP contribution in [0, 0.1) is 11.3 Å². The molecule has 1 fully saturated rings. The van der Waals surface area contributed by atoms with Crippen molar-refractivity contribution in [3.63, 3.8) is 0 Å². The van der Waals surface area contributed by atoms with E-state index in [4.69, 9.17) is 0 Å². The van der Waals surface area contributed by atoms with Gasteiger partial charge in [0.25, 0.3) is 0 Å². The first-order valence-corrected chi connectivity index (χ1v) is 6.78. The minimum atomic E-state index is 0.379. The monoisotopic (exact) mass is 226 g/mol. The van der Waals surface area contributed by atoms with Crippen LogP contribution in [-0.4, -0.2) is 36.6 Å². The summed E-state index contributed by atoms with van der Waals surface area (Å²) in [5.74, 6) is 0.811. The zero-order valence-corrected chi connectivity index (χ0v) is 12.0. The maximum atomic E-state index is 3.61. The van der Waals surface area contributed by atoms with Gasteiger partial charge in [-0.15, -0.1) is 0 Å². The third-order valence-electron chi connectivity index (χ3n) is 3.60. The summed E-state index contributed by atoms with van der Waals surface area (Å²) in [7, 11) is 0. The number of rotatable bonds is 3. The second-order valence-corrected chi connectivity index (χ2v) is 6.87. The summed E-state index contributed by atoms with van der Waals surface area (Å²) in [5, 5.41) is 3.61. The second kappa shape index (κ2) is 5.50. The maximum absolute atomic E-state index is 3.61. The van der Waals surface area contributed by atoms with Gasteiger partial charge < -0.3 is 5.32 Å². The molecule has 0 spiro atoms. The molecule has 1 rings (SSSR count). The van der Waals surface area contributed by atoms with Crippen LogP contribution >= 0.6 is 0 Å². The summed E-state index contributed by atoms with van der Waals surface area (Å²) in [6.45, 7) is 17.6. The van der Waals surface area contributed by atoms with Gasteiger partial charge in [-0.05, 0) is 31.2 Å². The van der Waals surface area contributed by atoms with Crippen LogP contribution in [0.25, 0.3) is 0 Å². The Hall–Kier alpha value is -0.0800. The second-order valence-electron chi connectivity index (χ2n) is 6.87. The van der Waals surface area contributed by atoms with Crippen molar-refractivity contribution in [3.8, 4) is 0 Å². The Kier molecular flexibility index (Phi) is 4.81. The molecule has 2 unspecified atom stereocenters. The number of hydrogen-bond donors (Lipinski definition) is 1. The average Bonchev–Trinajstić information content (AvgIpc) is 2.12. The minimum Gasteiger partial charge on any atom is -0.311 e. The van der Waals surface area contributed by atoms with Gasteiger partial charge in [-0.25, -0.2) is 0 Å². The molecule has 1 heterocycles. The van der Waals surface area contributed by atoms with Crippen molar-refractivity contribution in [3.05, 3.63) is 0 Å². The van der Waals surface area contributed by atoms with Crippen LogP contribution in [0.2, 0.25) is 0 Å². The van der Waals surface area contributed by atoms with Crippen LogP contribution in [0.3, 0.4) is 0 Å². The molecular weight excluding hydrogens is 196 g/mol. The highest BCUT2D eigenvalue weighted by atomic mass is 15.2. The zero-order valence-electron chi connectivity index (χ0n) is 12.0. The molecule has 2 nitrogen and oxygen atoms in total. The van der Waals surface area contributed by atoms with Crippen LogP contribution in [0.5, 0.6) is 0 Å². The van der Waals surface area contributed by atoms with E-state index in [1.165, 1.54) is 19.5 Å². The van der Waals surface area contributed by atoms with Crippen molar-refractivity contribution in [1.82, 2.24) is 10.2 Å². The summed E-state index contributed by atoms with van der Waals surface area (Å²) >= 11 is 0. The molecule has 1 N–H and O–H groups in total. The van der Waals surface area contributed by atoms with Gasteiger partial charge in [0.2, 0.25) is 0 Å². The lowest BCUT2D eigenvalue weighted by Crippen LogP contribution is -2.59. The van der Waals surface area contributed by atoms with Gasteiger partial charge in [-0.2, -0.15) is 0 Å². The Labute approximate surface area is 102 Å². The van der Waals surface area contributed by atoms with Crippen LogP contribution < -0.4 is 5.32 Å². The highest BCUT2D eigenvalue weighted by Gasteiger charge is 2.33. The van der Waals surface area contributed by atoms with Gasteiger partial charge in [0.15, 0.2) is 0 Å². The van der Waals surface area contributed by atoms with Crippen molar-refractivity contribution in [2.24, 2.45) is 11.3 Å². The molecule has 0 aromatic carbocycles. The van der Waals surface area contributed by atoms with E-state index in [0.717, 1.165) is 12.5 Å². The van der Waals surface area contributed by atoms with Crippen LogP contribution in [-0.2, 0) is 0 Å². The fraction of sp³-hybridized carbons (Fsp3) is 1.00. The number of hydrogen-bond acceptors (Lipinski definition) is 2. The van der Waals surface area contributed by atoms with Gasteiger partial charge in [0, 0.05) is 25.2 Å². The Morgan fingerprint density at radius 1 is 1.31 bits per heavy atom. The molecule has 2 atom stereocenters. The van der Waals surface area contributed by atoms with E-state index in [2.05, 4.69) is 51.8 Å². The van der Waals surface area contributed by atoms with Crippen LogP contribution in [0.1, 0.15) is 48.0 Å². The molecule has 1 aliphatic rings. The Morgan fingerprint density at radius 3 is 2.44 bits per heavy atom. The Bertz CT molecular complexity index is 205. The van der Waals surface area contributed by atoms with Gasteiger partial charge in [-0.1, -0.05) is 34.6 Å². The molecular formula is C14H30N2. The predicted octanol–water partition coefficient (Wildman–Crippen LogP) is 2.74. The first kappa shape index (κ1) is 14.0. The summed E-state index contributed by atoms with van der Waals surface area (Å²) in [6, 6.07) is 1.33. The summed E-state index contributed by atoms with van der Waals surface area (Å²) in [6.07, 6.45) is 1.32. The first-order valence-electron chi connectivity index (χ1n) is 6.78. The number of piperazine rings is 1. The predicted molar refractivity (Wildman–Crippen MR) is 71.7 cm³/mol. The van der Waals surface area contributed by atoms with E-state index in [9.17, 15) is 0 Å². The highest BCUT2D eigenvalue weighted by molar-refractivity contribution is 4.91. The first-order chi connectivity index (χ1) is 7.30. The van der Waals surface area contributed by atoms with Crippen LogP contribution in [0.15, 0.2) is 0 Å². The van der Waals surface area contributed by atoms with Gasteiger partial charge in [0.05, 0.1) is 0 Å². The van der Waals surface area contributed by atoms with Crippen molar-refractivity contribution in [2.45, 2.75) is 60.0 Å². The standard InChI is InChI=1S/C14H30N2/c1-11(2)7-8-16-10-12(3)15-9-13(16)14(4,5)6/h11-13,15H,7-10H2,1-6H3.